The molecular formula is C18H19N5O. The number of anilines is 2. The molecule has 0 radical (unpaired) electrons. The summed E-state index contributed by atoms with van der Waals surface area (Å²) in [7, 11) is 0. The van der Waals surface area contributed by atoms with E-state index in [2.05, 4.69) is 26.7 Å². The van der Waals surface area contributed by atoms with Gasteiger partial charge in [0.2, 0.25) is 0 Å². The Morgan fingerprint density at radius 1 is 1.17 bits per heavy atom. The van der Waals surface area contributed by atoms with E-state index in [1.807, 2.05) is 0 Å². The van der Waals surface area contributed by atoms with E-state index in [0.717, 1.165) is 12.8 Å². The van der Waals surface area contributed by atoms with Crippen molar-refractivity contribution in [3.8, 4) is 6.07 Å². The summed E-state index contributed by atoms with van der Waals surface area (Å²) in [5.74, 6) is 0.308. The highest BCUT2D eigenvalue weighted by Gasteiger charge is 2.15. The number of amides is 1. The molecule has 2 aromatic rings. The second-order valence-corrected chi connectivity index (χ2v) is 5.88. The van der Waals surface area contributed by atoms with Gasteiger partial charge in [0.05, 0.1) is 11.3 Å². The van der Waals surface area contributed by atoms with Crippen molar-refractivity contribution >= 4 is 17.4 Å². The first-order chi connectivity index (χ1) is 11.8. The van der Waals surface area contributed by atoms with Crippen molar-refractivity contribution in [2.24, 2.45) is 0 Å². The fraction of sp³-hybridized carbons (Fsp3) is 0.333. The smallest absolute Gasteiger partial charge is 0.274 e. The van der Waals surface area contributed by atoms with E-state index in [4.69, 9.17) is 5.26 Å². The first kappa shape index (κ1) is 15.9. The van der Waals surface area contributed by atoms with Gasteiger partial charge in [0.15, 0.2) is 0 Å². The molecule has 1 saturated carbocycles. The first-order valence-corrected chi connectivity index (χ1v) is 8.15. The van der Waals surface area contributed by atoms with E-state index >= 15 is 0 Å². The topological polar surface area (TPSA) is 90.7 Å². The van der Waals surface area contributed by atoms with Crippen LogP contribution in [0.2, 0.25) is 0 Å². The molecule has 6 heteroatoms. The number of benzene rings is 1. The Kier molecular flexibility index (Phi) is 5.02. The van der Waals surface area contributed by atoms with Gasteiger partial charge >= 0.3 is 0 Å². The fourth-order valence-electron chi connectivity index (χ4n) is 2.89. The van der Waals surface area contributed by atoms with Gasteiger partial charge in [-0.3, -0.25) is 4.79 Å². The molecule has 3 rings (SSSR count). The number of aromatic nitrogens is 2. The van der Waals surface area contributed by atoms with E-state index in [9.17, 15) is 4.79 Å². The third-order valence-corrected chi connectivity index (χ3v) is 4.15. The molecular weight excluding hydrogens is 302 g/mol. The van der Waals surface area contributed by atoms with E-state index in [-0.39, 0.29) is 11.6 Å². The molecule has 6 nitrogen and oxygen atoms in total. The van der Waals surface area contributed by atoms with Gasteiger partial charge in [-0.15, -0.1) is 0 Å². The van der Waals surface area contributed by atoms with Gasteiger partial charge in [0.25, 0.3) is 5.91 Å². The zero-order valence-electron chi connectivity index (χ0n) is 13.3. The maximum Gasteiger partial charge on any atom is 0.274 e. The molecule has 0 saturated heterocycles. The lowest BCUT2D eigenvalue weighted by Crippen LogP contribution is -2.23. The highest BCUT2D eigenvalue weighted by atomic mass is 16.1. The molecule has 1 aliphatic carbocycles. The Morgan fingerprint density at radius 3 is 2.75 bits per heavy atom. The summed E-state index contributed by atoms with van der Waals surface area (Å²) in [6.45, 7) is 0. The number of carbonyl (C=O) groups excluding carboxylic acids is 1. The molecule has 1 fully saturated rings. The van der Waals surface area contributed by atoms with Gasteiger partial charge in [-0.25, -0.2) is 9.97 Å². The van der Waals surface area contributed by atoms with Crippen LogP contribution in [0.25, 0.3) is 0 Å². The van der Waals surface area contributed by atoms with Crippen LogP contribution in [0.15, 0.2) is 36.7 Å². The molecule has 0 atom stereocenters. The minimum Gasteiger partial charge on any atom is -0.367 e. The monoisotopic (exact) mass is 321 g/mol. The average molecular weight is 321 g/mol. The fourth-order valence-corrected chi connectivity index (χ4v) is 2.89. The van der Waals surface area contributed by atoms with Crippen molar-refractivity contribution in [2.75, 3.05) is 10.6 Å². The van der Waals surface area contributed by atoms with Crippen molar-refractivity contribution in [1.82, 2.24) is 9.97 Å². The molecule has 24 heavy (non-hydrogen) atoms. The van der Waals surface area contributed by atoms with Crippen molar-refractivity contribution in [3.63, 3.8) is 0 Å². The Hall–Kier alpha value is -2.94. The second-order valence-electron chi connectivity index (χ2n) is 5.88. The van der Waals surface area contributed by atoms with E-state index in [0.29, 0.717) is 23.1 Å². The number of carbonyl (C=O) groups is 1. The molecule has 1 aromatic heterocycles. The third-order valence-electron chi connectivity index (χ3n) is 4.15. The zero-order valence-corrected chi connectivity index (χ0v) is 13.3. The van der Waals surface area contributed by atoms with Gasteiger partial charge in [-0.05, 0) is 25.0 Å². The molecule has 1 aliphatic rings. The number of para-hydroxylation sites is 1. The predicted molar refractivity (Wildman–Crippen MR) is 91.6 cm³/mol. The van der Waals surface area contributed by atoms with Crippen LogP contribution in [0, 0.1) is 11.3 Å². The van der Waals surface area contributed by atoms with Crippen molar-refractivity contribution in [1.29, 1.82) is 5.26 Å². The zero-order chi connectivity index (χ0) is 16.8. The molecule has 1 aromatic carbocycles. The lowest BCUT2D eigenvalue weighted by Gasteiger charge is -2.23. The Morgan fingerprint density at radius 2 is 1.96 bits per heavy atom. The minimum absolute atomic E-state index is 0.274. The first-order valence-electron chi connectivity index (χ1n) is 8.15. The van der Waals surface area contributed by atoms with Crippen LogP contribution in [-0.2, 0) is 0 Å². The maximum atomic E-state index is 12.4. The Bertz CT molecular complexity index is 762. The van der Waals surface area contributed by atoms with Gasteiger partial charge in [0.1, 0.15) is 23.9 Å². The summed E-state index contributed by atoms with van der Waals surface area (Å²) in [5, 5.41) is 15.2. The maximum absolute atomic E-state index is 12.4. The van der Waals surface area contributed by atoms with E-state index in [1.165, 1.54) is 25.6 Å². The van der Waals surface area contributed by atoms with Crippen LogP contribution >= 0.6 is 0 Å². The van der Waals surface area contributed by atoms with Crippen molar-refractivity contribution < 1.29 is 4.79 Å². The Labute approximate surface area is 140 Å². The normalized spacial score (nSPS) is 14.6. The number of hydrogen-bond donors (Lipinski definition) is 2. The molecule has 1 amide bonds. The highest BCUT2D eigenvalue weighted by molar-refractivity contribution is 6.03. The summed E-state index contributed by atoms with van der Waals surface area (Å²) in [4.78, 5) is 20.6. The number of nitriles is 1. The van der Waals surface area contributed by atoms with Gasteiger partial charge in [0, 0.05) is 12.1 Å². The number of rotatable bonds is 4. The minimum atomic E-state index is -0.355. The molecule has 2 N–H and O–H groups in total. The predicted octanol–water partition coefficient (Wildman–Crippen LogP) is 3.35. The quantitative estimate of drug-likeness (QED) is 0.901. The highest BCUT2D eigenvalue weighted by Crippen LogP contribution is 2.21. The summed E-state index contributed by atoms with van der Waals surface area (Å²) < 4.78 is 0. The molecule has 0 unspecified atom stereocenters. The standard InChI is InChI=1S/C18H19N5O/c19-11-13-6-4-5-9-15(13)23-18(24)16-10-17(21-12-20-16)22-14-7-2-1-3-8-14/h4-6,9-10,12,14H,1-3,7-8H2,(H,23,24)(H,20,21,22). The lowest BCUT2D eigenvalue weighted by atomic mass is 9.95. The summed E-state index contributed by atoms with van der Waals surface area (Å²) >= 11 is 0. The lowest BCUT2D eigenvalue weighted by molar-refractivity contribution is 0.102. The van der Waals surface area contributed by atoms with E-state index in [1.54, 1.807) is 30.3 Å². The Balaban J connectivity index is 1.71. The van der Waals surface area contributed by atoms with E-state index < -0.39 is 0 Å². The second kappa shape index (κ2) is 7.55. The number of hydrogen-bond acceptors (Lipinski definition) is 5. The SMILES string of the molecule is N#Cc1ccccc1NC(=O)c1cc(NC2CCCCC2)ncn1. The number of nitrogens with one attached hydrogen (secondary N) is 2. The van der Waals surface area contributed by atoms with Gasteiger partial charge in [-0.2, -0.15) is 5.26 Å². The van der Waals surface area contributed by atoms with Crippen molar-refractivity contribution in [2.45, 2.75) is 38.1 Å². The molecule has 122 valence electrons. The summed E-state index contributed by atoms with van der Waals surface area (Å²) in [6.07, 6.45) is 7.37. The molecule has 0 spiro atoms. The van der Waals surface area contributed by atoms with Gasteiger partial charge < -0.3 is 10.6 Å². The van der Waals surface area contributed by atoms with Crippen LogP contribution < -0.4 is 10.6 Å². The van der Waals surface area contributed by atoms with Crippen LogP contribution in [0.4, 0.5) is 11.5 Å². The van der Waals surface area contributed by atoms with Crippen LogP contribution in [0.1, 0.15) is 48.2 Å². The van der Waals surface area contributed by atoms with Crippen molar-refractivity contribution in [3.05, 3.63) is 47.9 Å². The average Bonchev–Trinajstić information content (AvgIpc) is 2.63. The largest absolute Gasteiger partial charge is 0.367 e. The van der Waals surface area contributed by atoms with Crippen LogP contribution in [0.3, 0.4) is 0 Å². The van der Waals surface area contributed by atoms with Gasteiger partial charge in [-0.1, -0.05) is 31.4 Å². The molecule has 1 heterocycles. The molecule has 0 aliphatic heterocycles. The third kappa shape index (κ3) is 3.87. The van der Waals surface area contributed by atoms with Crippen LogP contribution in [-0.4, -0.2) is 21.9 Å². The summed E-state index contributed by atoms with van der Waals surface area (Å²) in [6, 6.07) is 11.0. The molecule has 0 bridgehead atoms. The number of nitrogens with zero attached hydrogens (tertiary/aromatic N) is 3. The summed E-state index contributed by atoms with van der Waals surface area (Å²) in [5.41, 5.74) is 1.17. The van der Waals surface area contributed by atoms with Crippen LogP contribution in [0.5, 0.6) is 0 Å².